The number of ether oxygens (including phenoxy) is 1. The highest BCUT2D eigenvalue weighted by molar-refractivity contribution is 7.90. The van der Waals surface area contributed by atoms with E-state index in [1.54, 1.807) is 12.1 Å². The van der Waals surface area contributed by atoms with Crippen LogP contribution in [0.4, 0.5) is 0 Å². The standard InChI is InChI=1S/C16H25NO3S/c1-3-10-17-16(14-5-4-11-20-12-14)13-6-8-15(9-7-13)21(2,18)19/h6-9,14,16-17H,3-5,10-12H2,1-2H3. The first-order chi connectivity index (χ1) is 10.0. The predicted octanol–water partition coefficient (Wildman–Crippen LogP) is 2.56. The van der Waals surface area contributed by atoms with Gasteiger partial charge >= 0.3 is 0 Å². The van der Waals surface area contributed by atoms with E-state index >= 15 is 0 Å². The monoisotopic (exact) mass is 311 g/mol. The van der Waals surface area contributed by atoms with Gasteiger partial charge in [-0.15, -0.1) is 0 Å². The van der Waals surface area contributed by atoms with E-state index < -0.39 is 9.84 Å². The van der Waals surface area contributed by atoms with Crippen LogP contribution in [0.5, 0.6) is 0 Å². The summed E-state index contributed by atoms with van der Waals surface area (Å²) in [4.78, 5) is 0.375. The third-order valence-corrected chi connectivity index (χ3v) is 5.08. The van der Waals surface area contributed by atoms with Crippen LogP contribution >= 0.6 is 0 Å². The molecule has 2 atom stereocenters. The number of benzene rings is 1. The maximum Gasteiger partial charge on any atom is 0.175 e. The van der Waals surface area contributed by atoms with Crippen LogP contribution in [0.1, 0.15) is 37.8 Å². The summed E-state index contributed by atoms with van der Waals surface area (Å²) in [5.41, 5.74) is 1.14. The van der Waals surface area contributed by atoms with Crippen molar-refractivity contribution >= 4 is 9.84 Å². The molecular weight excluding hydrogens is 286 g/mol. The molecule has 1 fully saturated rings. The fourth-order valence-electron chi connectivity index (χ4n) is 2.81. The van der Waals surface area contributed by atoms with Crippen molar-refractivity contribution in [1.29, 1.82) is 0 Å². The van der Waals surface area contributed by atoms with E-state index in [1.165, 1.54) is 6.26 Å². The summed E-state index contributed by atoms with van der Waals surface area (Å²) in [5, 5.41) is 3.58. The Hall–Kier alpha value is -0.910. The average molecular weight is 311 g/mol. The molecule has 0 spiro atoms. The highest BCUT2D eigenvalue weighted by atomic mass is 32.2. The maximum absolute atomic E-state index is 11.6. The SMILES string of the molecule is CCCNC(c1ccc(S(C)(=O)=O)cc1)C1CCCOC1. The summed E-state index contributed by atoms with van der Waals surface area (Å²) in [6.45, 7) is 4.72. The van der Waals surface area contributed by atoms with E-state index in [2.05, 4.69) is 12.2 Å². The molecule has 5 heteroatoms. The van der Waals surface area contributed by atoms with Crippen molar-refractivity contribution in [3.8, 4) is 0 Å². The van der Waals surface area contributed by atoms with Crippen molar-refractivity contribution in [2.24, 2.45) is 5.92 Å². The van der Waals surface area contributed by atoms with E-state index in [4.69, 9.17) is 4.74 Å². The molecule has 0 bridgehead atoms. The van der Waals surface area contributed by atoms with Crippen LogP contribution in [0.2, 0.25) is 0 Å². The second kappa shape index (κ2) is 7.38. The quantitative estimate of drug-likeness (QED) is 0.877. The average Bonchev–Trinajstić information content (AvgIpc) is 2.48. The highest BCUT2D eigenvalue weighted by Crippen LogP contribution is 2.29. The smallest absolute Gasteiger partial charge is 0.175 e. The lowest BCUT2D eigenvalue weighted by Gasteiger charge is -2.31. The zero-order chi connectivity index (χ0) is 15.3. The Morgan fingerprint density at radius 2 is 2.05 bits per heavy atom. The first-order valence-electron chi connectivity index (χ1n) is 7.63. The molecule has 21 heavy (non-hydrogen) atoms. The summed E-state index contributed by atoms with van der Waals surface area (Å²) in [5.74, 6) is 0.453. The molecule has 0 saturated carbocycles. The Kier molecular flexibility index (Phi) is 5.79. The maximum atomic E-state index is 11.6. The molecule has 1 aromatic carbocycles. The summed E-state index contributed by atoms with van der Waals surface area (Å²) in [6, 6.07) is 7.50. The van der Waals surface area contributed by atoms with Crippen molar-refractivity contribution < 1.29 is 13.2 Å². The minimum Gasteiger partial charge on any atom is -0.381 e. The molecule has 2 rings (SSSR count). The summed E-state index contributed by atoms with van der Waals surface area (Å²) < 4.78 is 28.7. The molecule has 4 nitrogen and oxygen atoms in total. The molecule has 1 aliphatic rings. The lowest BCUT2D eigenvalue weighted by molar-refractivity contribution is 0.0390. The fraction of sp³-hybridized carbons (Fsp3) is 0.625. The van der Waals surface area contributed by atoms with Crippen LogP contribution in [-0.4, -0.2) is 34.4 Å². The van der Waals surface area contributed by atoms with Gasteiger partial charge in [-0.2, -0.15) is 0 Å². The van der Waals surface area contributed by atoms with E-state index in [0.717, 1.165) is 44.6 Å². The van der Waals surface area contributed by atoms with Crippen LogP contribution in [0.3, 0.4) is 0 Å². The first-order valence-corrected chi connectivity index (χ1v) is 9.52. The molecule has 1 N–H and O–H groups in total. The van der Waals surface area contributed by atoms with Gasteiger partial charge in [0.1, 0.15) is 0 Å². The van der Waals surface area contributed by atoms with Crippen molar-refractivity contribution in [3.05, 3.63) is 29.8 Å². The van der Waals surface area contributed by atoms with Gasteiger partial charge in [0.2, 0.25) is 0 Å². The van der Waals surface area contributed by atoms with Crippen LogP contribution in [0, 0.1) is 5.92 Å². The van der Waals surface area contributed by atoms with Gasteiger partial charge in [-0.3, -0.25) is 0 Å². The molecule has 0 aromatic heterocycles. The van der Waals surface area contributed by atoms with Gasteiger partial charge in [-0.1, -0.05) is 19.1 Å². The second-order valence-electron chi connectivity index (χ2n) is 5.75. The fourth-order valence-corrected chi connectivity index (χ4v) is 3.44. The summed E-state index contributed by atoms with van der Waals surface area (Å²) >= 11 is 0. The number of hydrogen-bond acceptors (Lipinski definition) is 4. The molecule has 1 aliphatic heterocycles. The van der Waals surface area contributed by atoms with Crippen LogP contribution < -0.4 is 5.32 Å². The number of rotatable bonds is 6. The molecule has 0 amide bonds. The third kappa shape index (κ3) is 4.53. The minimum absolute atomic E-state index is 0.235. The van der Waals surface area contributed by atoms with Crippen LogP contribution in [-0.2, 0) is 14.6 Å². The lowest BCUT2D eigenvalue weighted by atomic mass is 9.88. The normalized spacial score (nSPS) is 21.1. The molecule has 0 radical (unpaired) electrons. The van der Waals surface area contributed by atoms with Crippen molar-refractivity contribution in [2.45, 2.75) is 37.1 Å². The molecule has 2 unspecified atom stereocenters. The highest BCUT2D eigenvalue weighted by Gasteiger charge is 2.25. The molecule has 1 heterocycles. The zero-order valence-corrected chi connectivity index (χ0v) is 13.7. The minimum atomic E-state index is -3.13. The summed E-state index contributed by atoms with van der Waals surface area (Å²) in [6.07, 6.45) is 4.56. The van der Waals surface area contributed by atoms with Gasteiger partial charge in [0.25, 0.3) is 0 Å². The van der Waals surface area contributed by atoms with Gasteiger partial charge < -0.3 is 10.1 Å². The molecule has 1 saturated heterocycles. The van der Waals surface area contributed by atoms with Crippen molar-refractivity contribution in [3.63, 3.8) is 0 Å². The van der Waals surface area contributed by atoms with E-state index in [1.807, 2.05) is 12.1 Å². The lowest BCUT2D eigenvalue weighted by Crippen LogP contribution is -2.33. The van der Waals surface area contributed by atoms with Gasteiger partial charge in [0.05, 0.1) is 11.5 Å². The Balaban J connectivity index is 2.19. The molecule has 1 aromatic rings. The van der Waals surface area contributed by atoms with Crippen molar-refractivity contribution in [1.82, 2.24) is 5.32 Å². The number of nitrogens with one attached hydrogen (secondary N) is 1. The largest absolute Gasteiger partial charge is 0.381 e. The molecule has 118 valence electrons. The second-order valence-corrected chi connectivity index (χ2v) is 7.77. The molecule has 0 aliphatic carbocycles. The third-order valence-electron chi connectivity index (χ3n) is 3.95. The molecular formula is C16H25NO3S. The Labute approximate surface area is 127 Å². The number of hydrogen-bond donors (Lipinski definition) is 1. The van der Waals surface area contributed by atoms with Gasteiger partial charge in [0, 0.05) is 24.8 Å². The Morgan fingerprint density at radius 3 is 2.57 bits per heavy atom. The van der Waals surface area contributed by atoms with E-state index in [-0.39, 0.29) is 6.04 Å². The first kappa shape index (κ1) is 16.5. The predicted molar refractivity (Wildman–Crippen MR) is 84.1 cm³/mol. The van der Waals surface area contributed by atoms with Gasteiger partial charge in [-0.05, 0) is 43.5 Å². The topological polar surface area (TPSA) is 55.4 Å². The van der Waals surface area contributed by atoms with Crippen LogP contribution in [0.25, 0.3) is 0 Å². The number of sulfone groups is 1. The van der Waals surface area contributed by atoms with Crippen LogP contribution in [0.15, 0.2) is 29.2 Å². The van der Waals surface area contributed by atoms with Crippen molar-refractivity contribution in [2.75, 3.05) is 26.0 Å². The van der Waals surface area contributed by atoms with E-state index in [9.17, 15) is 8.42 Å². The zero-order valence-electron chi connectivity index (χ0n) is 12.8. The van der Waals surface area contributed by atoms with E-state index in [0.29, 0.717) is 10.8 Å². The Morgan fingerprint density at radius 1 is 1.33 bits per heavy atom. The van der Waals surface area contributed by atoms with Gasteiger partial charge in [-0.25, -0.2) is 8.42 Å². The summed E-state index contributed by atoms with van der Waals surface area (Å²) in [7, 11) is -3.13. The van der Waals surface area contributed by atoms with Gasteiger partial charge in [0.15, 0.2) is 9.84 Å². The Bertz CT molecular complexity index is 533.